The summed E-state index contributed by atoms with van der Waals surface area (Å²) >= 11 is 0. The van der Waals surface area contributed by atoms with Gasteiger partial charge in [0.1, 0.15) is 24.8 Å². The van der Waals surface area contributed by atoms with Gasteiger partial charge in [-0.15, -0.1) is 24.0 Å². The molecule has 29 heavy (non-hydrogen) atoms. The molecule has 0 amide bonds. The van der Waals surface area contributed by atoms with Crippen molar-refractivity contribution in [3.05, 3.63) is 34.2 Å². The Balaban J connectivity index is 0.00000300. The Kier molecular flexibility index (Phi) is 8.75. The summed E-state index contributed by atoms with van der Waals surface area (Å²) < 4.78 is 8.53. The van der Waals surface area contributed by atoms with Crippen molar-refractivity contribution >= 4 is 35.6 Å². The number of nitrogens with one attached hydrogen (secondary N) is 2. The molecule has 0 radical (unpaired) electrons. The van der Waals surface area contributed by atoms with Crippen molar-refractivity contribution in [1.29, 1.82) is 0 Å². The monoisotopic (exact) mass is 519 g/mol. The fraction of sp³-hybridized carbons (Fsp3) is 0.625. The molecule has 3 heterocycles. The van der Waals surface area contributed by atoms with Gasteiger partial charge in [-0.05, 0) is 13.3 Å². The number of guanidine groups is 1. The van der Waals surface area contributed by atoms with Crippen molar-refractivity contribution in [2.24, 2.45) is 4.99 Å². The Hall–Kier alpha value is -2.29. The molecule has 0 bridgehead atoms. The molecule has 3 rings (SSSR count). The van der Waals surface area contributed by atoms with Gasteiger partial charge in [-0.1, -0.05) is 0 Å². The van der Waals surface area contributed by atoms with Crippen molar-refractivity contribution < 1.29 is 9.66 Å². The Morgan fingerprint density at radius 1 is 1.52 bits per heavy atom. The maximum Gasteiger partial charge on any atom is 0.306 e. The lowest BCUT2D eigenvalue weighted by molar-refractivity contribution is -0.385. The number of aliphatic imine (C=N–C) groups is 1. The van der Waals surface area contributed by atoms with Crippen LogP contribution >= 0.6 is 24.0 Å². The highest BCUT2D eigenvalue weighted by atomic mass is 127. The van der Waals surface area contributed by atoms with E-state index in [4.69, 9.17) is 4.74 Å². The normalized spacial score (nSPS) is 16.1. The van der Waals surface area contributed by atoms with Gasteiger partial charge in [0.05, 0.1) is 24.6 Å². The minimum absolute atomic E-state index is 0. The van der Waals surface area contributed by atoms with Gasteiger partial charge in [0.15, 0.2) is 11.8 Å². The van der Waals surface area contributed by atoms with Gasteiger partial charge in [-0.3, -0.25) is 19.8 Å². The van der Waals surface area contributed by atoms with Crippen molar-refractivity contribution in [3.63, 3.8) is 0 Å². The van der Waals surface area contributed by atoms with Crippen molar-refractivity contribution in [2.75, 3.05) is 20.2 Å². The number of ether oxygens (including phenoxy) is 1. The van der Waals surface area contributed by atoms with Gasteiger partial charge in [0.2, 0.25) is 0 Å². The van der Waals surface area contributed by atoms with E-state index >= 15 is 0 Å². The molecule has 160 valence electrons. The molecule has 0 aliphatic carbocycles. The fourth-order valence-electron chi connectivity index (χ4n) is 3.02. The van der Waals surface area contributed by atoms with E-state index < -0.39 is 4.92 Å². The number of aromatic nitrogens is 5. The lowest BCUT2D eigenvalue weighted by Gasteiger charge is -2.25. The second-order valence-electron chi connectivity index (χ2n) is 6.42. The molecule has 13 heteroatoms. The molecule has 0 saturated carbocycles. The smallest absolute Gasteiger partial charge is 0.306 e. The summed E-state index contributed by atoms with van der Waals surface area (Å²) in [5.41, 5.74) is -0.0207. The lowest BCUT2D eigenvalue weighted by atomic mass is 10.1. The van der Waals surface area contributed by atoms with Crippen molar-refractivity contribution in [2.45, 2.75) is 45.5 Å². The Labute approximate surface area is 185 Å². The molecule has 0 saturated heterocycles. The highest BCUT2D eigenvalue weighted by Crippen LogP contribution is 2.13. The van der Waals surface area contributed by atoms with E-state index in [-0.39, 0.29) is 35.7 Å². The number of fused-ring (bicyclic) bond motifs is 1. The minimum atomic E-state index is -0.460. The molecule has 0 fully saturated rings. The summed E-state index contributed by atoms with van der Waals surface area (Å²) in [5.74, 6) is 2.38. The first-order valence-electron chi connectivity index (χ1n) is 9.22. The number of hydrogen-bond donors (Lipinski definition) is 2. The van der Waals surface area contributed by atoms with Gasteiger partial charge >= 0.3 is 5.69 Å². The summed E-state index contributed by atoms with van der Waals surface area (Å²) in [6.07, 6.45) is 4.41. The fourth-order valence-corrected chi connectivity index (χ4v) is 3.02. The lowest BCUT2D eigenvalue weighted by Crippen LogP contribution is -2.47. The summed E-state index contributed by atoms with van der Waals surface area (Å²) in [6.45, 7) is 4.77. The van der Waals surface area contributed by atoms with Gasteiger partial charge in [-0.25, -0.2) is 9.67 Å². The molecular formula is C16H26IN9O3. The molecule has 1 aliphatic rings. The Morgan fingerprint density at radius 2 is 2.34 bits per heavy atom. The zero-order chi connectivity index (χ0) is 19.9. The maximum atomic E-state index is 10.7. The average molecular weight is 519 g/mol. The van der Waals surface area contributed by atoms with E-state index in [0.717, 1.165) is 25.2 Å². The second kappa shape index (κ2) is 11.0. The summed E-state index contributed by atoms with van der Waals surface area (Å²) in [4.78, 5) is 19.3. The molecule has 1 unspecified atom stereocenters. The van der Waals surface area contributed by atoms with Gasteiger partial charge in [-0.2, -0.15) is 10.2 Å². The number of methoxy groups -OCH3 is 1. The average Bonchev–Trinajstić information content (AvgIpc) is 3.28. The topological polar surface area (TPSA) is 137 Å². The van der Waals surface area contributed by atoms with E-state index in [1.54, 1.807) is 7.11 Å². The van der Waals surface area contributed by atoms with Crippen LogP contribution in [0.4, 0.5) is 5.69 Å². The predicted octanol–water partition coefficient (Wildman–Crippen LogP) is 0.717. The maximum absolute atomic E-state index is 10.7. The number of aryl methyl sites for hydroxylation is 1. The first-order valence-corrected chi connectivity index (χ1v) is 9.22. The molecule has 2 N–H and O–H groups in total. The first kappa shape index (κ1) is 23.0. The van der Waals surface area contributed by atoms with Crippen LogP contribution in [0.3, 0.4) is 0 Å². The van der Waals surface area contributed by atoms with Gasteiger partial charge < -0.3 is 15.4 Å². The molecule has 1 atom stereocenters. The third-order valence-corrected chi connectivity index (χ3v) is 4.29. The van der Waals surface area contributed by atoms with Crippen LogP contribution in [0, 0.1) is 10.1 Å². The standard InChI is InChI=1S/C16H25N9O3.HI/c1-3-17-16(18-6-7-23-10-13(8-19-23)25(26)27)20-12-4-5-15-21-14(11-28-2)22-24(15)9-12;/h8,10,12H,3-7,9,11H2,1-2H3,(H2,17,18,20);1H. The highest BCUT2D eigenvalue weighted by Gasteiger charge is 2.22. The summed E-state index contributed by atoms with van der Waals surface area (Å²) in [6, 6.07) is 0.188. The third kappa shape index (κ3) is 6.35. The van der Waals surface area contributed by atoms with Gasteiger partial charge in [0.25, 0.3) is 0 Å². The quantitative estimate of drug-likeness (QED) is 0.171. The van der Waals surface area contributed by atoms with Crippen LogP contribution in [0.2, 0.25) is 0 Å². The molecular weight excluding hydrogens is 493 g/mol. The van der Waals surface area contributed by atoms with Crippen LogP contribution < -0.4 is 10.6 Å². The second-order valence-corrected chi connectivity index (χ2v) is 6.42. The zero-order valence-electron chi connectivity index (χ0n) is 16.4. The molecule has 2 aromatic rings. The van der Waals surface area contributed by atoms with E-state index in [1.165, 1.54) is 17.1 Å². The van der Waals surface area contributed by atoms with Crippen LogP contribution in [0.15, 0.2) is 17.4 Å². The molecule has 12 nitrogen and oxygen atoms in total. The third-order valence-electron chi connectivity index (χ3n) is 4.29. The van der Waals surface area contributed by atoms with Crippen LogP contribution in [-0.4, -0.2) is 61.7 Å². The zero-order valence-corrected chi connectivity index (χ0v) is 18.8. The summed E-state index contributed by atoms with van der Waals surface area (Å²) in [5, 5.41) is 25.8. The van der Waals surface area contributed by atoms with E-state index in [2.05, 4.69) is 30.8 Å². The van der Waals surface area contributed by atoms with Crippen molar-refractivity contribution in [3.8, 4) is 0 Å². The largest absolute Gasteiger partial charge is 0.377 e. The molecule has 2 aromatic heterocycles. The molecule has 0 aromatic carbocycles. The Morgan fingerprint density at radius 3 is 3.03 bits per heavy atom. The number of hydrogen-bond acceptors (Lipinski definition) is 7. The van der Waals surface area contributed by atoms with E-state index in [9.17, 15) is 10.1 Å². The number of rotatable bonds is 8. The van der Waals surface area contributed by atoms with E-state index in [1.807, 2.05) is 11.6 Å². The first-order chi connectivity index (χ1) is 13.6. The van der Waals surface area contributed by atoms with Crippen LogP contribution in [0.25, 0.3) is 0 Å². The SMILES string of the molecule is CCNC(=NCCn1cc([N+](=O)[O-])cn1)NC1CCc2nc(COC)nn2C1.I. The van der Waals surface area contributed by atoms with Crippen LogP contribution in [0.5, 0.6) is 0 Å². The minimum Gasteiger partial charge on any atom is -0.377 e. The number of nitro groups is 1. The number of halogens is 1. The van der Waals surface area contributed by atoms with Crippen LogP contribution in [0.1, 0.15) is 25.0 Å². The van der Waals surface area contributed by atoms with E-state index in [0.29, 0.717) is 38.0 Å². The molecule has 0 spiro atoms. The predicted molar refractivity (Wildman–Crippen MR) is 116 cm³/mol. The Bertz CT molecular complexity index is 835. The van der Waals surface area contributed by atoms with Gasteiger partial charge in [0, 0.05) is 26.1 Å². The summed E-state index contributed by atoms with van der Waals surface area (Å²) in [7, 11) is 1.63. The van der Waals surface area contributed by atoms with Crippen molar-refractivity contribution in [1.82, 2.24) is 35.2 Å². The highest BCUT2D eigenvalue weighted by molar-refractivity contribution is 14.0. The molecule has 1 aliphatic heterocycles. The van der Waals surface area contributed by atoms with Crippen LogP contribution in [-0.2, 0) is 30.9 Å². The number of nitrogens with zero attached hydrogens (tertiary/aromatic N) is 7.